The molecule has 0 aliphatic rings. The minimum atomic E-state index is -4.64. The number of phosphoric acid groups is 1. The van der Waals surface area contributed by atoms with Crippen LogP contribution in [0.4, 0.5) is 30.9 Å². The third-order valence-corrected chi connectivity index (χ3v) is 4.42. The molecule has 3 heterocycles. The van der Waals surface area contributed by atoms with Crippen molar-refractivity contribution in [3.8, 4) is 11.5 Å². The zero-order chi connectivity index (χ0) is 26.6. The van der Waals surface area contributed by atoms with Crippen molar-refractivity contribution in [3.05, 3.63) is 53.7 Å². The summed E-state index contributed by atoms with van der Waals surface area (Å²) < 4.78 is 42.8. The topological polar surface area (TPSA) is 225 Å². The number of benzene rings is 1. The molecule has 1 amide bonds. The highest BCUT2D eigenvalue weighted by Crippen LogP contribution is 2.31. The van der Waals surface area contributed by atoms with Crippen LogP contribution < -0.4 is 16.8 Å². The number of nitrogens with zero attached hydrogens (tertiary/aromatic N) is 5. The molecule has 0 unspecified atom stereocenters. The molecule has 3 aromatic heterocycles. The highest BCUT2D eigenvalue weighted by atomic mass is 31.2. The van der Waals surface area contributed by atoms with Gasteiger partial charge in [0, 0.05) is 5.56 Å². The largest absolute Gasteiger partial charge is 0.466 e. The summed E-state index contributed by atoms with van der Waals surface area (Å²) in [4.78, 5) is 45.4. The van der Waals surface area contributed by atoms with E-state index in [1.54, 1.807) is 18.2 Å². The van der Waals surface area contributed by atoms with Crippen LogP contribution >= 0.6 is 7.82 Å². The first kappa shape index (κ1) is 26.4. The maximum Gasteiger partial charge on any atom is 0.466 e. The van der Waals surface area contributed by atoms with E-state index in [1.807, 2.05) is 0 Å². The first-order valence-corrected chi connectivity index (χ1v) is 11.3. The molecule has 1 aromatic carbocycles. The van der Waals surface area contributed by atoms with E-state index in [2.05, 4.69) is 30.1 Å². The van der Waals surface area contributed by atoms with Gasteiger partial charge in [0.15, 0.2) is 23.1 Å². The molecule has 0 aliphatic heterocycles. The van der Waals surface area contributed by atoms with Crippen molar-refractivity contribution in [3.63, 3.8) is 0 Å². The number of carbonyl (C=O) groups excluding carboxylic acids is 1. The lowest BCUT2D eigenvalue weighted by atomic mass is 10.2. The molecule has 190 valence electrons. The Morgan fingerprint density at radius 2 is 1.78 bits per heavy atom. The molecule has 36 heavy (non-hydrogen) atoms. The second-order valence-electron chi connectivity index (χ2n) is 6.94. The van der Waals surface area contributed by atoms with E-state index in [0.717, 1.165) is 6.20 Å². The Morgan fingerprint density at radius 3 is 2.36 bits per heavy atom. The third kappa shape index (κ3) is 6.45. The molecule has 0 saturated carbocycles. The zero-order valence-electron chi connectivity index (χ0n) is 18.3. The summed E-state index contributed by atoms with van der Waals surface area (Å²) in [7, 11) is -3.47. The third-order valence-electron chi connectivity index (χ3n) is 4.42. The molecule has 4 rings (SSSR count). The smallest absolute Gasteiger partial charge is 0.453 e. The van der Waals surface area contributed by atoms with Gasteiger partial charge < -0.3 is 30.9 Å². The van der Waals surface area contributed by atoms with Crippen LogP contribution in [-0.2, 0) is 15.8 Å². The van der Waals surface area contributed by atoms with Gasteiger partial charge in [-0.15, -0.1) is 0 Å². The van der Waals surface area contributed by atoms with E-state index in [-0.39, 0.29) is 46.4 Å². The molecular weight excluding hydrogens is 505 g/mol. The lowest BCUT2D eigenvalue weighted by Crippen LogP contribution is -2.16. The van der Waals surface area contributed by atoms with Gasteiger partial charge in [0.05, 0.1) is 25.2 Å². The molecule has 8 N–H and O–H groups in total. The van der Waals surface area contributed by atoms with Gasteiger partial charge in [-0.3, -0.25) is 5.32 Å². The van der Waals surface area contributed by atoms with Crippen LogP contribution in [0.15, 0.2) is 36.5 Å². The number of methoxy groups -OCH3 is 1. The number of pyridine rings is 1. The normalized spacial score (nSPS) is 11.1. The van der Waals surface area contributed by atoms with Gasteiger partial charge in [-0.25, -0.2) is 37.8 Å². The molecule has 0 saturated heterocycles. The number of ether oxygens (including phenoxy) is 1. The van der Waals surface area contributed by atoms with Gasteiger partial charge in [0.2, 0.25) is 0 Å². The maximum atomic E-state index is 14.1. The van der Waals surface area contributed by atoms with Crippen LogP contribution in [0.3, 0.4) is 0 Å². The van der Waals surface area contributed by atoms with Crippen LogP contribution in [0.1, 0.15) is 5.56 Å². The van der Waals surface area contributed by atoms with Gasteiger partial charge >= 0.3 is 13.9 Å². The van der Waals surface area contributed by atoms with E-state index >= 15 is 0 Å². The number of nitrogens with two attached hydrogens (primary N) is 2. The van der Waals surface area contributed by atoms with E-state index in [4.69, 9.17) is 30.7 Å². The maximum absolute atomic E-state index is 14.1. The summed E-state index contributed by atoms with van der Waals surface area (Å²) in [5, 5.41) is 7.00. The molecule has 14 nitrogen and oxygen atoms in total. The Labute approximate surface area is 200 Å². The molecule has 0 fully saturated rings. The van der Waals surface area contributed by atoms with Gasteiger partial charge in [-0.1, -0.05) is 18.2 Å². The van der Waals surface area contributed by atoms with Crippen molar-refractivity contribution in [2.24, 2.45) is 0 Å². The first-order valence-electron chi connectivity index (χ1n) is 9.69. The van der Waals surface area contributed by atoms with Crippen molar-refractivity contribution in [1.29, 1.82) is 0 Å². The van der Waals surface area contributed by atoms with Crippen LogP contribution in [-0.4, -0.2) is 52.6 Å². The molecular formula is C19H19F2N8O6P. The number of hydrogen-bond acceptors (Lipinski definition) is 9. The minimum Gasteiger partial charge on any atom is -0.453 e. The van der Waals surface area contributed by atoms with Crippen LogP contribution in [0.2, 0.25) is 0 Å². The Hall–Kier alpha value is -4.24. The number of rotatable bonds is 4. The van der Waals surface area contributed by atoms with Gasteiger partial charge in [-0.2, -0.15) is 5.10 Å². The first-order chi connectivity index (χ1) is 16.9. The van der Waals surface area contributed by atoms with Crippen molar-refractivity contribution >= 4 is 42.3 Å². The summed E-state index contributed by atoms with van der Waals surface area (Å²) in [5.41, 5.74) is 12.6. The molecule has 4 aromatic rings. The fourth-order valence-corrected chi connectivity index (χ4v) is 2.98. The fraction of sp³-hybridized carbons (Fsp3) is 0.105. The number of nitrogen functional groups attached to an aromatic ring is 2. The van der Waals surface area contributed by atoms with Crippen molar-refractivity contribution in [1.82, 2.24) is 24.7 Å². The Bertz CT molecular complexity index is 1450. The number of anilines is 3. The number of nitrogens with one attached hydrogen (secondary N) is 1. The number of hydrogen-bond donors (Lipinski definition) is 6. The van der Waals surface area contributed by atoms with Crippen LogP contribution in [0.25, 0.3) is 22.6 Å². The number of halogens is 2. The number of amides is 1. The van der Waals surface area contributed by atoms with Gasteiger partial charge in [0.1, 0.15) is 23.0 Å². The molecule has 0 radical (unpaired) electrons. The second kappa shape index (κ2) is 10.6. The average Bonchev–Trinajstić information content (AvgIpc) is 3.13. The Morgan fingerprint density at radius 1 is 1.17 bits per heavy atom. The second-order valence-corrected chi connectivity index (χ2v) is 7.97. The van der Waals surface area contributed by atoms with Gasteiger partial charge in [0.25, 0.3) is 0 Å². The van der Waals surface area contributed by atoms with Crippen LogP contribution in [0.5, 0.6) is 0 Å². The number of aromatic nitrogens is 5. The van der Waals surface area contributed by atoms with E-state index in [0.29, 0.717) is 5.56 Å². The predicted molar refractivity (Wildman–Crippen MR) is 123 cm³/mol. The standard InChI is InChI=1S/C19H16F2N8O2.H3O4P/c1-31-19(30)25-14-15(22)26-17(27-16(14)23)13-11-6-10(20)7-24-18(11)29(28-13)8-9-4-2-3-5-12(9)21;1-5(2,3)4/h2-7H,8H2,1H3,(H,25,30)(H4,22,23,26,27);(H3,1,2,3,4). The van der Waals surface area contributed by atoms with Crippen molar-refractivity contribution in [2.75, 3.05) is 23.9 Å². The quantitative estimate of drug-likeness (QED) is 0.210. The SMILES string of the molecule is COC(=O)Nc1c(N)nc(-c2nn(Cc3ccccc3F)c3ncc(F)cc23)nc1N.O=P(O)(O)O. The Balaban J connectivity index is 0.000000658. The number of carbonyl (C=O) groups is 1. The fourth-order valence-electron chi connectivity index (χ4n) is 2.98. The van der Waals surface area contributed by atoms with Crippen LogP contribution in [0, 0.1) is 11.6 Å². The predicted octanol–water partition coefficient (Wildman–Crippen LogP) is 1.63. The average molecular weight is 524 g/mol. The molecule has 0 spiro atoms. The zero-order valence-corrected chi connectivity index (χ0v) is 19.2. The summed E-state index contributed by atoms with van der Waals surface area (Å²) in [6.45, 7) is 0.0365. The minimum absolute atomic E-state index is 0.0184. The van der Waals surface area contributed by atoms with Gasteiger partial charge in [-0.05, 0) is 12.1 Å². The molecule has 17 heteroatoms. The lowest BCUT2D eigenvalue weighted by molar-refractivity contribution is 0.187. The molecule has 0 aliphatic carbocycles. The van der Waals surface area contributed by atoms with E-state index < -0.39 is 25.6 Å². The highest BCUT2D eigenvalue weighted by molar-refractivity contribution is 7.45. The van der Waals surface area contributed by atoms with Crippen molar-refractivity contribution in [2.45, 2.75) is 6.54 Å². The van der Waals surface area contributed by atoms with E-state index in [9.17, 15) is 13.6 Å². The lowest BCUT2D eigenvalue weighted by Gasteiger charge is -2.10. The number of fused-ring (bicyclic) bond motifs is 1. The monoisotopic (exact) mass is 524 g/mol. The Kier molecular flexibility index (Phi) is 7.74. The highest BCUT2D eigenvalue weighted by Gasteiger charge is 2.21. The molecule has 0 bridgehead atoms. The molecule has 0 atom stereocenters. The summed E-state index contributed by atoms with van der Waals surface area (Å²) in [6.07, 6.45) is 0.221. The van der Waals surface area contributed by atoms with E-state index in [1.165, 1.54) is 23.9 Å². The summed E-state index contributed by atoms with van der Waals surface area (Å²) in [5.74, 6) is -1.33. The summed E-state index contributed by atoms with van der Waals surface area (Å²) in [6, 6.07) is 7.40. The summed E-state index contributed by atoms with van der Waals surface area (Å²) >= 11 is 0. The van der Waals surface area contributed by atoms with Crippen molar-refractivity contribution < 1.29 is 37.6 Å².